The largest absolute Gasteiger partial charge is 0.379 e. The van der Waals surface area contributed by atoms with Crippen molar-refractivity contribution in [2.75, 3.05) is 68.8 Å². The van der Waals surface area contributed by atoms with Gasteiger partial charge in [-0.25, -0.2) is 0 Å². The maximum absolute atomic E-state index is 13.4. The number of amides is 1. The Kier molecular flexibility index (Phi) is 7.04. The fourth-order valence-corrected chi connectivity index (χ4v) is 5.54. The number of morpholine rings is 1. The zero-order valence-electron chi connectivity index (χ0n) is 19.1. The number of ether oxygens (including phenoxy) is 1. The average Bonchev–Trinajstić information content (AvgIpc) is 2.87. The van der Waals surface area contributed by atoms with E-state index in [4.69, 9.17) is 16.3 Å². The van der Waals surface area contributed by atoms with Crippen molar-refractivity contribution in [1.29, 1.82) is 0 Å². The minimum atomic E-state index is -0.0570. The number of piperazine rings is 1. The fourth-order valence-electron chi connectivity index (χ4n) is 5.41. The molecule has 1 amide bonds. The average molecular weight is 469 g/mol. The van der Waals surface area contributed by atoms with E-state index in [2.05, 4.69) is 56.4 Å². The van der Waals surface area contributed by atoms with Crippen molar-refractivity contribution < 1.29 is 9.53 Å². The van der Waals surface area contributed by atoms with Gasteiger partial charge in [0.1, 0.15) is 0 Å². The topological polar surface area (TPSA) is 48.1 Å². The normalized spacial score (nSPS) is 23.1. The molecule has 0 bridgehead atoms. The highest BCUT2D eigenvalue weighted by molar-refractivity contribution is 6.30. The first-order valence-corrected chi connectivity index (χ1v) is 12.5. The van der Waals surface area contributed by atoms with Gasteiger partial charge in [0.25, 0.3) is 0 Å². The highest BCUT2D eigenvalue weighted by Gasteiger charge is 2.41. The molecule has 0 unspecified atom stereocenters. The van der Waals surface area contributed by atoms with Crippen LogP contribution in [0.25, 0.3) is 0 Å². The monoisotopic (exact) mass is 468 g/mol. The first kappa shape index (κ1) is 22.5. The molecular weight excluding hydrogens is 436 g/mol. The minimum Gasteiger partial charge on any atom is -0.379 e. The molecule has 2 fully saturated rings. The first-order chi connectivity index (χ1) is 16.2. The standard InChI is InChI=1S/C26H33ClN4O2/c27-21-6-8-22(9-7-21)30-12-13-31-24-5-2-1-4-20(24)18-23(25(31)19-30)26(32)28-10-3-11-29-14-16-33-17-15-29/h1-2,4-9,23,25H,3,10-19H2,(H,28,32)/t23-,25-/m1/s1. The van der Waals surface area contributed by atoms with E-state index in [1.807, 2.05) is 12.1 Å². The van der Waals surface area contributed by atoms with Crippen molar-refractivity contribution in [1.82, 2.24) is 10.2 Å². The number of fused-ring (bicyclic) bond motifs is 3. The predicted molar refractivity (Wildman–Crippen MR) is 133 cm³/mol. The lowest BCUT2D eigenvalue weighted by Crippen LogP contribution is -2.61. The number of rotatable bonds is 6. The Morgan fingerprint density at radius 2 is 1.82 bits per heavy atom. The Labute approximate surface area is 201 Å². The predicted octanol–water partition coefficient (Wildman–Crippen LogP) is 3.05. The Hall–Kier alpha value is -2.28. The molecule has 3 heterocycles. The van der Waals surface area contributed by atoms with Crippen LogP contribution in [0.3, 0.4) is 0 Å². The third-order valence-corrected chi connectivity index (χ3v) is 7.46. The molecule has 2 aromatic rings. The highest BCUT2D eigenvalue weighted by atomic mass is 35.5. The van der Waals surface area contributed by atoms with Crippen molar-refractivity contribution in [2.24, 2.45) is 5.92 Å². The third kappa shape index (κ3) is 5.13. The van der Waals surface area contributed by atoms with Crippen molar-refractivity contribution in [3.63, 3.8) is 0 Å². The Balaban J connectivity index is 1.26. The van der Waals surface area contributed by atoms with Crippen LogP contribution < -0.4 is 15.1 Å². The van der Waals surface area contributed by atoms with E-state index in [-0.39, 0.29) is 17.9 Å². The van der Waals surface area contributed by atoms with E-state index in [9.17, 15) is 4.79 Å². The molecule has 2 saturated heterocycles. The lowest BCUT2D eigenvalue weighted by atomic mass is 9.83. The number of halogens is 1. The van der Waals surface area contributed by atoms with Gasteiger partial charge in [-0.2, -0.15) is 0 Å². The fraction of sp³-hybridized carbons (Fsp3) is 0.500. The molecule has 5 rings (SSSR count). The molecule has 7 heteroatoms. The molecular formula is C26H33ClN4O2. The van der Waals surface area contributed by atoms with E-state index in [0.29, 0.717) is 0 Å². The minimum absolute atomic E-state index is 0.0570. The molecule has 0 aliphatic carbocycles. The molecule has 3 aliphatic heterocycles. The summed E-state index contributed by atoms with van der Waals surface area (Å²) in [5.74, 6) is 0.123. The Morgan fingerprint density at radius 1 is 1.03 bits per heavy atom. The summed E-state index contributed by atoms with van der Waals surface area (Å²) in [6, 6.07) is 16.8. The molecule has 0 spiro atoms. The molecule has 6 nitrogen and oxygen atoms in total. The number of carbonyl (C=O) groups is 1. The summed E-state index contributed by atoms with van der Waals surface area (Å²) in [6.45, 7) is 8.02. The lowest BCUT2D eigenvalue weighted by Gasteiger charge is -2.49. The van der Waals surface area contributed by atoms with Crippen LogP contribution in [0.2, 0.25) is 5.02 Å². The molecule has 0 radical (unpaired) electrons. The van der Waals surface area contributed by atoms with Crippen LogP contribution in [-0.2, 0) is 16.0 Å². The molecule has 0 saturated carbocycles. The van der Waals surface area contributed by atoms with Gasteiger partial charge in [0.2, 0.25) is 5.91 Å². The van der Waals surface area contributed by atoms with Gasteiger partial charge in [-0.1, -0.05) is 29.8 Å². The van der Waals surface area contributed by atoms with Gasteiger partial charge in [0.05, 0.1) is 25.2 Å². The maximum Gasteiger partial charge on any atom is 0.225 e. The highest BCUT2D eigenvalue weighted by Crippen LogP contribution is 2.37. The summed E-state index contributed by atoms with van der Waals surface area (Å²) < 4.78 is 5.42. The van der Waals surface area contributed by atoms with Crippen LogP contribution in [0, 0.1) is 5.92 Å². The number of benzene rings is 2. The molecule has 0 aromatic heterocycles. The van der Waals surface area contributed by atoms with E-state index in [1.54, 1.807) is 0 Å². The second kappa shape index (κ2) is 10.3. The van der Waals surface area contributed by atoms with Crippen LogP contribution >= 0.6 is 11.6 Å². The number of hydrogen-bond acceptors (Lipinski definition) is 5. The lowest BCUT2D eigenvalue weighted by molar-refractivity contribution is -0.125. The Bertz CT molecular complexity index is 948. The second-order valence-corrected chi connectivity index (χ2v) is 9.66. The molecule has 33 heavy (non-hydrogen) atoms. The zero-order valence-corrected chi connectivity index (χ0v) is 19.8. The van der Waals surface area contributed by atoms with Crippen LogP contribution in [0.4, 0.5) is 11.4 Å². The van der Waals surface area contributed by atoms with Gasteiger partial charge in [-0.15, -0.1) is 0 Å². The molecule has 176 valence electrons. The summed E-state index contributed by atoms with van der Waals surface area (Å²) in [5, 5.41) is 4.01. The number of carbonyl (C=O) groups excluding carboxylic acids is 1. The van der Waals surface area contributed by atoms with Crippen LogP contribution in [0.15, 0.2) is 48.5 Å². The molecule has 1 N–H and O–H groups in total. The smallest absolute Gasteiger partial charge is 0.225 e. The van der Waals surface area contributed by atoms with Crippen LogP contribution in [0.1, 0.15) is 12.0 Å². The quantitative estimate of drug-likeness (QED) is 0.660. The molecule has 3 aliphatic rings. The van der Waals surface area contributed by atoms with Gasteiger partial charge in [0, 0.05) is 55.7 Å². The maximum atomic E-state index is 13.4. The summed E-state index contributed by atoms with van der Waals surface area (Å²) in [7, 11) is 0. The van der Waals surface area contributed by atoms with Crippen LogP contribution in [-0.4, -0.2) is 75.9 Å². The summed E-state index contributed by atoms with van der Waals surface area (Å²) in [5.41, 5.74) is 3.74. The van der Waals surface area contributed by atoms with Crippen molar-refractivity contribution >= 4 is 28.9 Å². The molecule has 2 aromatic carbocycles. The van der Waals surface area contributed by atoms with Gasteiger partial charge in [0.15, 0.2) is 0 Å². The second-order valence-electron chi connectivity index (χ2n) is 9.22. The van der Waals surface area contributed by atoms with Crippen molar-refractivity contribution in [3.05, 3.63) is 59.1 Å². The Morgan fingerprint density at radius 3 is 2.64 bits per heavy atom. The molecule has 2 atom stereocenters. The summed E-state index contributed by atoms with van der Waals surface area (Å²) in [4.78, 5) is 20.7. The number of nitrogens with zero attached hydrogens (tertiary/aromatic N) is 3. The van der Waals surface area contributed by atoms with Gasteiger partial charge < -0.3 is 19.9 Å². The number of anilines is 2. The first-order valence-electron chi connectivity index (χ1n) is 12.1. The summed E-state index contributed by atoms with van der Waals surface area (Å²) in [6.07, 6.45) is 1.77. The van der Waals surface area contributed by atoms with E-state index >= 15 is 0 Å². The number of hydrogen-bond donors (Lipinski definition) is 1. The number of para-hydroxylation sites is 1. The van der Waals surface area contributed by atoms with Crippen molar-refractivity contribution in [2.45, 2.75) is 18.9 Å². The zero-order chi connectivity index (χ0) is 22.6. The van der Waals surface area contributed by atoms with E-state index in [0.717, 1.165) is 76.9 Å². The van der Waals surface area contributed by atoms with Gasteiger partial charge in [-0.3, -0.25) is 9.69 Å². The van der Waals surface area contributed by atoms with Crippen LogP contribution in [0.5, 0.6) is 0 Å². The summed E-state index contributed by atoms with van der Waals surface area (Å²) >= 11 is 6.10. The SMILES string of the molecule is O=C(NCCCN1CCOCC1)[C@@H]1Cc2ccccc2N2CCN(c3ccc(Cl)cc3)C[C@H]12. The number of nitrogens with one attached hydrogen (secondary N) is 1. The van der Waals surface area contributed by atoms with Gasteiger partial charge >= 0.3 is 0 Å². The van der Waals surface area contributed by atoms with Gasteiger partial charge in [-0.05, 0) is 55.3 Å². The van der Waals surface area contributed by atoms with E-state index < -0.39 is 0 Å². The van der Waals surface area contributed by atoms with Crippen molar-refractivity contribution in [3.8, 4) is 0 Å². The third-order valence-electron chi connectivity index (χ3n) is 7.21. The van der Waals surface area contributed by atoms with E-state index in [1.165, 1.54) is 16.9 Å².